The Kier molecular flexibility index (Phi) is 8.27. The Morgan fingerprint density at radius 1 is 0.833 bits per heavy atom. The molecule has 0 unspecified atom stereocenters. The normalized spacial score (nSPS) is 10.1. The Morgan fingerprint density at radius 3 is 1.94 bits per heavy atom. The lowest BCUT2D eigenvalue weighted by atomic mass is 10.2. The minimum atomic E-state index is -0.936. The summed E-state index contributed by atoms with van der Waals surface area (Å²) in [5.41, 5.74) is -1.21. The maximum absolute atomic E-state index is 12.5. The van der Waals surface area contributed by atoms with Crippen molar-refractivity contribution >= 4 is 11.4 Å². The van der Waals surface area contributed by atoms with Gasteiger partial charge in [-0.25, -0.2) is 0 Å². The average Bonchev–Trinajstić information content (AvgIpc) is 2.85. The predicted molar refractivity (Wildman–Crippen MR) is 129 cm³/mol. The lowest BCUT2D eigenvalue weighted by Crippen LogP contribution is -2.23. The molecule has 0 bridgehead atoms. The summed E-state index contributed by atoms with van der Waals surface area (Å²) < 4.78 is 6.82. The molecule has 36 heavy (non-hydrogen) atoms. The number of ether oxygens (including phenoxy) is 1. The minimum Gasteiger partial charge on any atom is -0.502 e. The van der Waals surface area contributed by atoms with E-state index < -0.39 is 38.1 Å². The molecule has 0 amide bonds. The number of hydrogen-bond acceptors (Lipinski definition) is 8. The summed E-state index contributed by atoms with van der Waals surface area (Å²) in [6.07, 6.45) is 2.65. The molecule has 0 saturated carbocycles. The quantitative estimate of drug-likeness (QED) is 0.292. The van der Waals surface area contributed by atoms with Crippen molar-refractivity contribution in [3.05, 3.63) is 137 Å². The SMILES string of the molecule is O=c1[nH]ccc(O)c1[N+](=O)[O-].O=c1c([N+](=O)[O-])c(OCc2ccccc2)ccn1Cc1ccccc1. The molecule has 12 nitrogen and oxygen atoms in total. The maximum atomic E-state index is 12.5. The topological polar surface area (TPSA) is 171 Å². The fourth-order valence-electron chi connectivity index (χ4n) is 3.11. The molecular weight excluding hydrogens is 472 g/mol. The molecule has 2 aromatic heterocycles. The summed E-state index contributed by atoms with van der Waals surface area (Å²) in [5.74, 6) is -0.651. The van der Waals surface area contributed by atoms with Crippen molar-refractivity contribution in [2.45, 2.75) is 13.2 Å². The Bertz CT molecular complexity index is 1470. The van der Waals surface area contributed by atoms with Crippen LogP contribution in [-0.4, -0.2) is 24.5 Å². The summed E-state index contributed by atoms with van der Waals surface area (Å²) >= 11 is 0. The standard InChI is InChI=1S/C19H16N2O4.C5H4N2O4/c22-19-18(21(23)24)17(25-14-16-9-5-2-6-10-16)11-12-20(19)13-15-7-3-1-4-8-15;8-3-1-2-6-5(9)4(3)7(10)11/h1-12H,13-14H2;1-2H,(H2,6,8,9). The van der Waals surface area contributed by atoms with Gasteiger partial charge in [-0.2, -0.15) is 0 Å². The first-order valence-corrected chi connectivity index (χ1v) is 10.4. The Morgan fingerprint density at radius 2 is 1.42 bits per heavy atom. The zero-order valence-corrected chi connectivity index (χ0v) is 18.6. The molecule has 0 aliphatic carbocycles. The first-order chi connectivity index (χ1) is 17.3. The molecule has 0 radical (unpaired) electrons. The van der Waals surface area contributed by atoms with Crippen molar-refractivity contribution in [2.24, 2.45) is 0 Å². The van der Waals surface area contributed by atoms with E-state index in [1.807, 2.05) is 60.7 Å². The number of H-pyrrole nitrogens is 1. The second-order valence-corrected chi connectivity index (χ2v) is 7.28. The van der Waals surface area contributed by atoms with E-state index in [1.165, 1.54) is 16.8 Å². The van der Waals surface area contributed by atoms with E-state index in [0.29, 0.717) is 0 Å². The third-order valence-electron chi connectivity index (χ3n) is 4.81. The number of aromatic amines is 1. The molecule has 0 fully saturated rings. The van der Waals surface area contributed by atoms with Gasteiger partial charge in [0.05, 0.1) is 16.4 Å². The van der Waals surface area contributed by atoms with Crippen LogP contribution in [-0.2, 0) is 13.2 Å². The van der Waals surface area contributed by atoms with Gasteiger partial charge in [-0.15, -0.1) is 0 Å². The Labute approximate surface area is 203 Å². The van der Waals surface area contributed by atoms with Crippen molar-refractivity contribution in [3.8, 4) is 11.5 Å². The highest BCUT2D eigenvalue weighted by molar-refractivity contribution is 5.44. The van der Waals surface area contributed by atoms with Gasteiger partial charge < -0.3 is 19.4 Å². The number of nitrogens with zero attached hydrogens (tertiary/aromatic N) is 3. The summed E-state index contributed by atoms with van der Waals surface area (Å²) in [5, 5.41) is 30.2. The van der Waals surface area contributed by atoms with Crippen LogP contribution in [0.4, 0.5) is 11.4 Å². The molecule has 2 aromatic carbocycles. The van der Waals surface area contributed by atoms with Crippen molar-refractivity contribution in [3.63, 3.8) is 0 Å². The lowest BCUT2D eigenvalue weighted by molar-refractivity contribution is -0.387. The number of rotatable bonds is 7. The fraction of sp³-hybridized carbons (Fsp3) is 0.0833. The number of aromatic nitrogens is 2. The molecule has 12 heteroatoms. The molecule has 4 rings (SSSR count). The van der Waals surface area contributed by atoms with E-state index in [1.54, 1.807) is 0 Å². The van der Waals surface area contributed by atoms with Crippen LogP contribution in [0.15, 0.2) is 94.8 Å². The van der Waals surface area contributed by atoms with Crippen molar-refractivity contribution in [1.82, 2.24) is 9.55 Å². The van der Waals surface area contributed by atoms with E-state index in [2.05, 4.69) is 4.98 Å². The second kappa shape index (κ2) is 11.7. The predicted octanol–water partition coefficient (Wildman–Crippen LogP) is 3.37. The lowest BCUT2D eigenvalue weighted by Gasteiger charge is -2.10. The molecule has 0 spiro atoms. The van der Waals surface area contributed by atoms with Gasteiger partial charge in [0.1, 0.15) is 6.61 Å². The van der Waals surface area contributed by atoms with Crippen LogP contribution in [0.2, 0.25) is 0 Å². The third-order valence-corrected chi connectivity index (χ3v) is 4.81. The molecule has 2 N–H and O–H groups in total. The van der Waals surface area contributed by atoms with Crippen LogP contribution in [0.1, 0.15) is 11.1 Å². The summed E-state index contributed by atoms with van der Waals surface area (Å²) in [6.45, 7) is 0.420. The van der Waals surface area contributed by atoms with Crippen molar-refractivity contribution in [2.75, 3.05) is 0 Å². The van der Waals surface area contributed by atoms with Gasteiger partial charge in [-0.3, -0.25) is 29.8 Å². The molecule has 4 aromatic rings. The largest absolute Gasteiger partial charge is 0.502 e. The number of benzene rings is 2. The average molecular weight is 492 g/mol. The van der Waals surface area contributed by atoms with Crippen LogP contribution >= 0.6 is 0 Å². The molecule has 2 heterocycles. The van der Waals surface area contributed by atoms with Gasteiger partial charge in [0, 0.05) is 24.5 Å². The smallest absolute Gasteiger partial charge is 0.375 e. The number of aromatic hydroxyl groups is 1. The summed E-state index contributed by atoms with van der Waals surface area (Å²) in [7, 11) is 0. The highest BCUT2D eigenvalue weighted by atomic mass is 16.6. The van der Waals surface area contributed by atoms with Gasteiger partial charge in [-0.05, 0) is 11.1 Å². The van der Waals surface area contributed by atoms with E-state index in [9.17, 15) is 29.8 Å². The molecule has 0 atom stereocenters. The van der Waals surface area contributed by atoms with Gasteiger partial charge in [-0.1, -0.05) is 60.7 Å². The van der Waals surface area contributed by atoms with E-state index in [-0.39, 0.29) is 18.9 Å². The zero-order valence-electron chi connectivity index (χ0n) is 18.6. The number of nitrogens with one attached hydrogen (secondary N) is 1. The van der Waals surface area contributed by atoms with Crippen LogP contribution in [0, 0.1) is 20.2 Å². The van der Waals surface area contributed by atoms with Crippen LogP contribution < -0.4 is 15.9 Å². The zero-order chi connectivity index (χ0) is 26.1. The number of pyridine rings is 2. The van der Waals surface area contributed by atoms with E-state index in [4.69, 9.17) is 9.84 Å². The summed E-state index contributed by atoms with van der Waals surface area (Å²) in [4.78, 5) is 45.0. The van der Waals surface area contributed by atoms with E-state index in [0.717, 1.165) is 23.4 Å². The maximum Gasteiger partial charge on any atom is 0.375 e. The molecular formula is C24H20N4O8. The second-order valence-electron chi connectivity index (χ2n) is 7.28. The first kappa shape index (κ1) is 25.4. The fourth-order valence-corrected chi connectivity index (χ4v) is 3.11. The number of nitro groups is 2. The highest BCUT2D eigenvalue weighted by Gasteiger charge is 2.23. The molecule has 0 aliphatic heterocycles. The van der Waals surface area contributed by atoms with Crippen molar-refractivity contribution in [1.29, 1.82) is 0 Å². The van der Waals surface area contributed by atoms with Crippen LogP contribution in [0.3, 0.4) is 0 Å². The van der Waals surface area contributed by atoms with Crippen LogP contribution in [0.5, 0.6) is 11.5 Å². The summed E-state index contributed by atoms with van der Waals surface area (Å²) in [6, 6.07) is 21.1. The Hall–Kier alpha value is -5.26. The van der Waals surface area contributed by atoms with Gasteiger partial charge in [0.2, 0.25) is 11.5 Å². The third kappa shape index (κ3) is 6.41. The Balaban J connectivity index is 0.000000275. The minimum absolute atomic E-state index is 0.0248. The van der Waals surface area contributed by atoms with Gasteiger partial charge in [0.25, 0.3) is 0 Å². The first-order valence-electron chi connectivity index (χ1n) is 10.4. The van der Waals surface area contributed by atoms with Crippen molar-refractivity contribution < 1.29 is 19.7 Å². The molecule has 184 valence electrons. The van der Waals surface area contributed by atoms with Gasteiger partial charge >= 0.3 is 22.5 Å². The van der Waals surface area contributed by atoms with E-state index >= 15 is 0 Å². The van der Waals surface area contributed by atoms with Crippen LogP contribution in [0.25, 0.3) is 0 Å². The highest BCUT2D eigenvalue weighted by Crippen LogP contribution is 2.23. The van der Waals surface area contributed by atoms with Gasteiger partial charge in [0.15, 0.2) is 0 Å². The monoisotopic (exact) mass is 492 g/mol. The number of hydrogen-bond donors (Lipinski definition) is 2. The molecule has 0 aliphatic rings. The molecule has 0 saturated heterocycles.